The van der Waals surface area contributed by atoms with Gasteiger partial charge in [-0.1, -0.05) is 0 Å². The minimum absolute atomic E-state index is 0.00618. The molecule has 1 fully saturated rings. The van der Waals surface area contributed by atoms with Gasteiger partial charge in [0.25, 0.3) is 5.91 Å². The Labute approximate surface area is 169 Å². The molecule has 0 unspecified atom stereocenters. The van der Waals surface area contributed by atoms with Crippen LogP contribution in [0.5, 0.6) is 0 Å². The number of aryl methyl sites for hydroxylation is 1. The van der Waals surface area contributed by atoms with Gasteiger partial charge in [0.15, 0.2) is 11.6 Å². The summed E-state index contributed by atoms with van der Waals surface area (Å²) in [7, 11) is 3.92. The third kappa shape index (κ3) is 4.99. The molecule has 156 valence electrons. The topological polar surface area (TPSA) is 70.1 Å². The quantitative estimate of drug-likeness (QED) is 0.798. The molecule has 1 amide bonds. The van der Waals surface area contributed by atoms with E-state index in [1.54, 1.807) is 0 Å². The van der Waals surface area contributed by atoms with Crippen molar-refractivity contribution in [3.8, 4) is 0 Å². The molecular weight excluding hydrogens is 376 g/mol. The van der Waals surface area contributed by atoms with Gasteiger partial charge in [-0.15, -0.1) is 0 Å². The highest BCUT2D eigenvalue weighted by atomic mass is 19.2. The number of hydrogen-bond donors (Lipinski definition) is 2. The Bertz CT molecular complexity index is 895. The van der Waals surface area contributed by atoms with E-state index >= 15 is 0 Å². The summed E-state index contributed by atoms with van der Waals surface area (Å²) < 4.78 is 26.4. The van der Waals surface area contributed by atoms with Crippen molar-refractivity contribution in [2.75, 3.05) is 24.3 Å². The SMILES string of the molecule is Cc1nc(N[C@H]2CC[C@@H](NC(=O)c3ccc(F)c(F)c3)CC2)nc(N(C)C)c1C. The Morgan fingerprint density at radius 2 is 1.69 bits per heavy atom. The number of hydrogen-bond acceptors (Lipinski definition) is 5. The summed E-state index contributed by atoms with van der Waals surface area (Å²) in [6, 6.07) is 3.42. The van der Waals surface area contributed by atoms with Crippen molar-refractivity contribution in [1.29, 1.82) is 0 Å². The first-order valence-corrected chi connectivity index (χ1v) is 9.79. The smallest absolute Gasteiger partial charge is 0.251 e. The maximum Gasteiger partial charge on any atom is 0.251 e. The van der Waals surface area contributed by atoms with Crippen LogP contribution in [-0.4, -0.2) is 42.1 Å². The highest BCUT2D eigenvalue weighted by molar-refractivity contribution is 5.94. The zero-order valence-corrected chi connectivity index (χ0v) is 17.2. The second-order valence-corrected chi connectivity index (χ2v) is 7.77. The lowest BCUT2D eigenvalue weighted by molar-refractivity contribution is 0.0926. The van der Waals surface area contributed by atoms with Gasteiger partial charge in [0, 0.05) is 43.0 Å². The molecule has 8 heteroatoms. The Morgan fingerprint density at radius 3 is 2.31 bits per heavy atom. The first-order chi connectivity index (χ1) is 13.7. The zero-order chi connectivity index (χ0) is 21.1. The summed E-state index contributed by atoms with van der Waals surface area (Å²) in [5, 5.41) is 6.32. The van der Waals surface area contributed by atoms with E-state index in [0.29, 0.717) is 5.95 Å². The molecule has 3 rings (SSSR count). The predicted molar refractivity (Wildman–Crippen MR) is 109 cm³/mol. The highest BCUT2D eigenvalue weighted by Gasteiger charge is 2.24. The lowest BCUT2D eigenvalue weighted by Crippen LogP contribution is -2.40. The van der Waals surface area contributed by atoms with Gasteiger partial charge in [0.05, 0.1) is 0 Å². The molecule has 1 aliphatic rings. The van der Waals surface area contributed by atoms with Crippen LogP contribution in [0, 0.1) is 25.5 Å². The largest absolute Gasteiger partial charge is 0.362 e. The maximum atomic E-state index is 13.3. The Morgan fingerprint density at radius 1 is 1.03 bits per heavy atom. The summed E-state index contributed by atoms with van der Waals surface area (Å²) >= 11 is 0. The molecule has 1 heterocycles. The van der Waals surface area contributed by atoms with Crippen molar-refractivity contribution in [2.24, 2.45) is 0 Å². The third-order valence-corrected chi connectivity index (χ3v) is 5.36. The second-order valence-electron chi connectivity index (χ2n) is 7.77. The van der Waals surface area contributed by atoms with Crippen molar-refractivity contribution < 1.29 is 13.6 Å². The third-order valence-electron chi connectivity index (χ3n) is 5.36. The molecule has 0 atom stereocenters. The van der Waals surface area contributed by atoms with Crippen LogP contribution < -0.4 is 15.5 Å². The average molecular weight is 403 g/mol. The minimum Gasteiger partial charge on any atom is -0.362 e. The van der Waals surface area contributed by atoms with E-state index in [-0.39, 0.29) is 23.6 Å². The van der Waals surface area contributed by atoms with Gasteiger partial charge in [-0.3, -0.25) is 4.79 Å². The molecule has 0 bridgehead atoms. The highest BCUT2D eigenvalue weighted by Crippen LogP contribution is 2.24. The molecule has 0 radical (unpaired) electrons. The number of rotatable bonds is 5. The molecule has 6 nitrogen and oxygen atoms in total. The Hall–Kier alpha value is -2.77. The van der Waals surface area contributed by atoms with Gasteiger partial charge in [0.2, 0.25) is 5.95 Å². The van der Waals surface area contributed by atoms with Gasteiger partial charge in [-0.25, -0.2) is 13.8 Å². The predicted octanol–water partition coefficient (Wildman–Crippen LogP) is 3.59. The van der Waals surface area contributed by atoms with Crippen molar-refractivity contribution in [3.05, 3.63) is 46.7 Å². The van der Waals surface area contributed by atoms with Crippen LogP contribution >= 0.6 is 0 Å². The lowest BCUT2D eigenvalue weighted by Gasteiger charge is -2.30. The molecule has 2 N–H and O–H groups in total. The van der Waals surface area contributed by atoms with Crippen LogP contribution in [0.4, 0.5) is 20.5 Å². The van der Waals surface area contributed by atoms with Gasteiger partial charge >= 0.3 is 0 Å². The second kappa shape index (κ2) is 8.71. The number of aromatic nitrogens is 2. The maximum absolute atomic E-state index is 13.3. The first kappa shape index (κ1) is 21.0. The molecule has 1 aliphatic carbocycles. The zero-order valence-electron chi connectivity index (χ0n) is 17.2. The van der Waals surface area contributed by atoms with E-state index in [0.717, 1.165) is 54.9 Å². The molecule has 0 aliphatic heterocycles. The Balaban J connectivity index is 1.55. The monoisotopic (exact) mass is 403 g/mol. The fraction of sp³-hybridized carbons (Fsp3) is 0.476. The summed E-state index contributed by atoms with van der Waals surface area (Å²) in [6.07, 6.45) is 3.30. The number of nitrogens with zero attached hydrogens (tertiary/aromatic N) is 3. The number of amides is 1. The van der Waals surface area contributed by atoms with E-state index in [9.17, 15) is 13.6 Å². The van der Waals surface area contributed by atoms with Crippen molar-refractivity contribution >= 4 is 17.7 Å². The van der Waals surface area contributed by atoms with E-state index < -0.39 is 11.6 Å². The minimum atomic E-state index is -1.02. The number of benzene rings is 1. The number of carbonyl (C=O) groups is 1. The van der Waals surface area contributed by atoms with Crippen molar-refractivity contribution in [3.63, 3.8) is 0 Å². The normalized spacial score (nSPS) is 19.0. The summed E-state index contributed by atoms with van der Waals surface area (Å²) in [5.41, 5.74) is 2.13. The van der Waals surface area contributed by atoms with E-state index in [2.05, 4.69) is 20.6 Å². The van der Waals surface area contributed by atoms with Crippen LogP contribution in [0.25, 0.3) is 0 Å². The number of anilines is 2. The number of carbonyl (C=O) groups excluding carboxylic acids is 1. The molecule has 1 aromatic carbocycles. The van der Waals surface area contributed by atoms with Crippen LogP contribution in [-0.2, 0) is 0 Å². The van der Waals surface area contributed by atoms with Crippen LogP contribution in [0.3, 0.4) is 0 Å². The van der Waals surface area contributed by atoms with Crippen molar-refractivity contribution in [2.45, 2.75) is 51.6 Å². The standard InChI is InChI=1S/C21H27F2N5O/c1-12-13(2)24-21(27-19(12)28(3)4)26-16-8-6-15(7-9-16)25-20(29)14-5-10-17(22)18(23)11-14/h5,10-11,15-16H,6-9H2,1-4H3,(H,25,29)(H,24,26,27)/t15-,16+. The molecule has 29 heavy (non-hydrogen) atoms. The van der Waals surface area contributed by atoms with Crippen LogP contribution in [0.1, 0.15) is 47.3 Å². The summed E-state index contributed by atoms with van der Waals surface area (Å²) in [6.45, 7) is 3.98. The number of halogens is 2. The average Bonchev–Trinajstić information content (AvgIpc) is 2.68. The van der Waals surface area contributed by atoms with Gasteiger partial charge < -0.3 is 15.5 Å². The van der Waals surface area contributed by atoms with Gasteiger partial charge in [-0.2, -0.15) is 4.98 Å². The fourth-order valence-electron chi connectivity index (χ4n) is 3.58. The van der Waals surface area contributed by atoms with E-state index in [1.807, 2.05) is 32.8 Å². The van der Waals surface area contributed by atoms with Crippen molar-refractivity contribution in [1.82, 2.24) is 15.3 Å². The fourth-order valence-corrected chi connectivity index (χ4v) is 3.58. The van der Waals surface area contributed by atoms with Gasteiger partial charge in [-0.05, 0) is 57.7 Å². The first-order valence-electron chi connectivity index (χ1n) is 9.79. The molecule has 1 aromatic heterocycles. The summed E-state index contributed by atoms with van der Waals surface area (Å²) in [5.74, 6) is -0.845. The molecule has 0 spiro atoms. The Kier molecular flexibility index (Phi) is 6.30. The molecule has 1 saturated carbocycles. The lowest BCUT2D eigenvalue weighted by atomic mass is 9.91. The molecule has 2 aromatic rings. The molecule has 0 saturated heterocycles. The van der Waals surface area contributed by atoms with Crippen LogP contribution in [0.2, 0.25) is 0 Å². The van der Waals surface area contributed by atoms with Gasteiger partial charge in [0.1, 0.15) is 5.82 Å². The van der Waals surface area contributed by atoms with E-state index in [1.165, 1.54) is 6.07 Å². The number of nitrogens with one attached hydrogen (secondary N) is 2. The summed E-state index contributed by atoms with van der Waals surface area (Å²) in [4.78, 5) is 23.4. The van der Waals surface area contributed by atoms with Crippen LogP contribution in [0.15, 0.2) is 18.2 Å². The van der Waals surface area contributed by atoms with E-state index in [4.69, 9.17) is 0 Å². The molecular formula is C21H27F2N5O.